The first-order valence-electron chi connectivity index (χ1n) is 19.6. The number of nitrogens with zero attached hydrogens (tertiary/aromatic N) is 2. The van der Waals surface area contributed by atoms with Crippen LogP contribution in [0.4, 0.5) is 18.0 Å². The molecule has 0 bridgehead atoms. The second-order valence-electron chi connectivity index (χ2n) is 16.4. The Morgan fingerprint density at radius 3 is 2.56 bits per heavy atom. The van der Waals surface area contributed by atoms with E-state index >= 15 is 0 Å². The summed E-state index contributed by atoms with van der Waals surface area (Å²) in [4.78, 5) is 61.8. The van der Waals surface area contributed by atoms with E-state index in [1.165, 1.54) is 18.2 Å². The van der Waals surface area contributed by atoms with Gasteiger partial charge < -0.3 is 34.3 Å². The van der Waals surface area contributed by atoms with Gasteiger partial charge in [0.15, 0.2) is 0 Å². The summed E-state index contributed by atoms with van der Waals surface area (Å²) < 4.78 is 91.1. The van der Waals surface area contributed by atoms with Crippen LogP contribution in [0.3, 0.4) is 0 Å². The Morgan fingerprint density at radius 1 is 1.17 bits per heavy atom. The molecule has 3 fully saturated rings. The van der Waals surface area contributed by atoms with Crippen LogP contribution in [0.5, 0.6) is 11.6 Å². The number of amides is 4. The number of nitrogens with one attached hydrogen (secondary N) is 3. The number of allylic oxidation sites excluding steroid dienone is 1. The van der Waals surface area contributed by atoms with E-state index in [1.54, 1.807) is 51.1 Å². The minimum absolute atomic E-state index is 0.0838. The SMILES string of the molecule is CC[C@@H]1O[C@H](C)CC/C=C\[C@H]2C[C@@]2(C(=O)NS(=O)(=O)C2(C)CC2)NC(=O)[C@@H]2C[C@@H](Oc3nccc4cc(OC)ccc34)CN2C(=O)C1PNC(=O)OC(C)(C)C(F)(F)F. The lowest BCUT2D eigenvalue weighted by molar-refractivity contribution is -0.243. The molecule has 3 heterocycles. The van der Waals surface area contributed by atoms with Crippen molar-refractivity contribution < 1.29 is 59.7 Å². The van der Waals surface area contributed by atoms with Crippen molar-refractivity contribution in [3.63, 3.8) is 0 Å². The highest BCUT2D eigenvalue weighted by atomic mass is 32.2. The summed E-state index contributed by atoms with van der Waals surface area (Å²) >= 11 is 0. The van der Waals surface area contributed by atoms with Gasteiger partial charge in [-0.05, 0) is 105 Å². The highest BCUT2D eigenvalue weighted by Gasteiger charge is 2.63. The number of aromatic nitrogens is 1. The summed E-state index contributed by atoms with van der Waals surface area (Å²) in [6.07, 6.45) is -1.33. The van der Waals surface area contributed by atoms with Crippen molar-refractivity contribution in [2.45, 2.75) is 132 Å². The number of pyridine rings is 1. The predicted molar refractivity (Wildman–Crippen MR) is 211 cm³/mol. The van der Waals surface area contributed by atoms with Gasteiger partial charge in [-0.25, -0.2) is 18.2 Å². The molecular weight excluding hydrogens is 818 g/mol. The van der Waals surface area contributed by atoms with E-state index in [9.17, 15) is 40.8 Å². The number of alkyl halides is 3. The van der Waals surface area contributed by atoms with Gasteiger partial charge in [0.2, 0.25) is 33.3 Å². The molecule has 2 aliphatic heterocycles. The van der Waals surface area contributed by atoms with Crippen LogP contribution >= 0.6 is 8.73 Å². The Kier molecular flexibility index (Phi) is 12.5. The standard InChI is InChI=1S/C39H51F3N5O10PS/c1-7-29-30(58-45-35(51)57-36(3,4)39(40,41)42)33(49)47-21-26(56-32-27-13-12-25(54-6)18-23(27)14-17-43-32)19-28(47)31(48)44-38(20-24(38)11-9-8-10-22(2)55-29)34(50)46-59(52,53)37(5)15-16-37/h9,11-14,17-18,22,24,26,28-30,58H,7-8,10,15-16,19-21H2,1-6H3,(H,44,48)(H,45,51)(H,46,50)/b11-9-/t22-,24+,26-,28+,29+,30?,38-/m1/s1. The number of hydrogen-bond donors (Lipinski definition) is 3. The quantitative estimate of drug-likeness (QED) is 0.215. The van der Waals surface area contributed by atoms with Gasteiger partial charge in [-0.3, -0.25) is 19.1 Å². The molecule has 4 aliphatic rings. The summed E-state index contributed by atoms with van der Waals surface area (Å²) in [7, 11) is -3.39. The third-order valence-electron chi connectivity index (χ3n) is 11.6. The number of ether oxygens (including phenoxy) is 4. The Bertz CT molecular complexity index is 2100. The number of fused-ring (bicyclic) bond motifs is 3. The maximum absolute atomic E-state index is 14.9. The molecule has 2 aliphatic carbocycles. The fraction of sp³-hybridized carbons (Fsp3) is 0.615. The van der Waals surface area contributed by atoms with Crippen LogP contribution in [0.15, 0.2) is 42.6 Å². The smallest absolute Gasteiger partial charge is 0.427 e. The molecule has 1 aromatic heterocycles. The monoisotopic (exact) mass is 869 g/mol. The molecule has 0 radical (unpaired) electrons. The van der Waals surface area contributed by atoms with Crippen LogP contribution in [0.25, 0.3) is 10.8 Å². The molecule has 59 heavy (non-hydrogen) atoms. The van der Waals surface area contributed by atoms with Crippen molar-refractivity contribution in [1.29, 1.82) is 0 Å². The van der Waals surface area contributed by atoms with Crippen LogP contribution in [0, 0.1) is 5.92 Å². The van der Waals surface area contributed by atoms with E-state index in [1.807, 2.05) is 6.08 Å². The fourth-order valence-corrected chi connectivity index (χ4v) is 9.69. The Labute approximate surface area is 342 Å². The van der Waals surface area contributed by atoms with Crippen molar-refractivity contribution in [3.8, 4) is 11.6 Å². The zero-order valence-corrected chi connectivity index (χ0v) is 35.5. The Morgan fingerprint density at radius 2 is 1.90 bits per heavy atom. The summed E-state index contributed by atoms with van der Waals surface area (Å²) in [5.41, 5.74) is -5.67. The average Bonchev–Trinajstić information content (AvgIpc) is 4.05. The highest BCUT2D eigenvalue weighted by Crippen LogP contribution is 2.48. The Hall–Kier alpha value is -4.22. The summed E-state index contributed by atoms with van der Waals surface area (Å²) in [5.74, 6) is -2.04. The van der Waals surface area contributed by atoms with E-state index in [0.29, 0.717) is 50.7 Å². The molecule has 15 nitrogen and oxygen atoms in total. The van der Waals surface area contributed by atoms with Crippen LogP contribution in [0.2, 0.25) is 0 Å². The molecule has 4 amide bonds. The zero-order valence-electron chi connectivity index (χ0n) is 33.7. The van der Waals surface area contributed by atoms with Crippen molar-refractivity contribution in [3.05, 3.63) is 42.6 Å². The zero-order chi connectivity index (χ0) is 43.1. The van der Waals surface area contributed by atoms with Gasteiger partial charge in [-0.1, -0.05) is 19.1 Å². The highest BCUT2D eigenvalue weighted by molar-refractivity contribution is 7.91. The second kappa shape index (κ2) is 16.7. The first-order chi connectivity index (χ1) is 27.6. The first kappa shape index (κ1) is 44.3. The summed E-state index contributed by atoms with van der Waals surface area (Å²) in [5, 5.41) is 6.54. The van der Waals surface area contributed by atoms with Crippen LogP contribution in [0.1, 0.15) is 79.6 Å². The molecule has 2 saturated carbocycles. The minimum atomic E-state index is -4.88. The van der Waals surface area contributed by atoms with E-state index in [4.69, 9.17) is 18.9 Å². The summed E-state index contributed by atoms with van der Waals surface area (Å²) in [6, 6.07) is 5.76. The van der Waals surface area contributed by atoms with Crippen molar-refractivity contribution >= 4 is 53.3 Å². The number of halogens is 3. The van der Waals surface area contributed by atoms with Gasteiger partial charge in [0.05, 0.1) is 36.3 Å². The number of rotatable bonds is 10. The molecule has 8 atom stereocenters. The molecule has 0 spiro atoms. The van der Waals surface area contributed by atoms with Crippen LogP contribution in [-0.4, -0.2) is 108 Å². The van der Waals surface area contributed by atoms with Gasteiger partial charge in [-0.2, -0.15) is 13.2 Å². The fourth-order valence-electron chi connectivity index (χ4n) is 7.26. The third kappa shape index (κ3) is 9.41. The number of carbonyl (C=O) groups excluding carboxylic acids is 4. The van der Waals surface area contributed by atoms with Crippen LogP contribution < -0.4 is 24.6 Å². The minimum Gasteiger partial charge on any atom is -0.497 e. The molecule has 1 aromatic carbocycles. The molecule has 1 saturated heterocycles. The lowest BCUT2D eigenvalue weighted by Crippen LogP contribution is -2.58. The molecule has 3 N–H and O–H groups in total. The van der Waals surface area contributed by atoms with E-state index in [-0.39, 0.29) is 31.7 Å². The van der Waals surface area contributed by atoms with E-state index in [0.717, 1.165) is 5.39 Å². The van der Waals surface area contributed by atoms with Gasteiger partial charge >= 0.3 is 12.3 Å². The van der Waals surface area contributed by atoms with Crippen LogP contribution in [-0.2, 0) is 33.9 Å². The molecular formula is C39H51F3N5O10PS. The molecule has 2 unspecified atom stereocenters. The summed E-state index contributed by atoms with van der Waals surface area (Å²) in [6.45, 7) is 6.33. The van der Waals surface area contributed by atoms with Gasteiger partial charge in [0.1, 0.15) is 23.4 Å². The number of methoxy groups -OCH3 is 1. The first-order valence-corrected chi connectivity index (χ1v) is 22.1. The maximum atomic E-state index is 14.9. The third-order valence-corrected chi connectivity index (χ3v) is 15.0. The van der Waals surface area contributed by atoms with E-state index < -0.39 is 101 Å². The number of carbonyl (C=O) groups is 4. The van der Waals surface area contributed by atoms with Gasteiger partial charge in [-0.15, -0.1) is 0 Å². The maximum Gasteiger partial charge on any atom is 0.427 e. The number of benzene rings is 1. The normalized spacial score (nSPS) is 29.3. The number of sulfonamides is 1. The predicted octanol–water partition coefficient (Wildman–Crippen LogP) is 5.03. The van der Waals surface area contributed by atoms with Crippen molar-refractivity contribution in [1.82, 2.24) is 25.0 Å². The van der Waals surface area contributed by atoms with Crippen molar-refractivity contribution in [2.75, 3.05) is 13.7 Å². The lowest BCUT2D eigenvalue weighted by Gasteiger charge is -2.34. The van der Waals surface area contributed by atoms with Crippen molar-refractivity contribution in [2.24, 2.45) is 5.92 Å². The molecule has 324 valence electrons. The average molecular weight is 870 g/mol. The number of hydrogen-bond acceptors (Lipinski definition) is 11. The largest absolute Gasteiger partial charge is 0.497 e. The van der Waals surface area contributed by atoms with Gasteiger partial charge in [0.25, 0.3) is 5.91 Å². The lowest BCUT2D eigenvalue weighted by atomic mass is 10.1. The molecule has 20 heteroatoms. The Balaban J connectivity index is 1.34. The topological polar surface area (TPSA) is 192 Å². The second-order valence-corrected chi connectivity index (χ2v) is 19.7. The van der Waals surface area contributed by atoms with Gasteiger partial charge in [0, 0.05) is 23.9 Å². The molecule has 6 rings (SSSR count). The molecule has 2 aromatic rings. The van der Waals surface area contributed by atoms with E-state index in [2.05, 4.69) is 20.1 Å².